The van der Waals surface area contributed by atoms with Gasteiger partial charge in [-0.2, -0.15) is 0 Å². The molecule has 198 valence electrons. The quantitative estimate of drug-likeness (QED) is 0.317. The lowest BCUT2D eigenvalue weighted by Crippen LogP contribution is -2.48. The molecular weight excluding hydrogens is 470 g/mol. The van der Waals surface area contributed by atoms with E-state index in [1.54, 1.807) is 6.20 Å². The van der Waals surface area contributed by atoms with Crippen LogP contribution in [-0.2, 0) is 6.54 Å². The van der Waals surface area contributed by atoms with E-state index >= 15 is 0 Å². The number of nitrogens with zero attached hydrogens (tertiary/aromatic N) is 5. The Morgan fingerprint density at radius 2 is 1.87 bits per heavy atom. The average molecular weight is 510 g/mol. The first-order valence-electron chi connectivity index (χ1n) is 13.5. The van der Waals surface area contributed by atoms with Gasteiger partial charge in [-0.3, -0.25) is 9.47 Å². The Kier molecular flexibility index (Phi) is 9.05. The van der Waals surface area contributed by atoms with Crippen LogP contribution in [-0.4, -0.2) is 50.1 Å². The summed E-state index contributed by atoms with van der Waals surface area (Å²) in [5.74, 6) is 1.18. The fourth-order valence-electron chi connectivity index (χ4n) is 4.82. The lowest BCUT2D eigenvalue weighted by Gasteiger charge is -2.31. The van der Waals surface area contributed by atoms with Crippen molar-refractivity contribution in [3.63, 3.8) is 0 Å². The third kappa shape index (κ3) is 5.85. The minimum atomic E-state index is 0.446. The Labute approximate surface area is 226 Å². The fraction of sp³-hybridized carbons (Fsp3) is 0.323. The first kappa shape index (κ1) is 27.2. The first-order valence-corrected chi connectivity index (χ1v) is 13.5. The van der Waals surface area contributed by atoms with E-state index < -0.39 is 0 Å². The summed E-state index contributed by atoms with van der Waals surface area (Å²) in [7, 11) is 0. The number of fused-ring (bicyclic) bond motifs is 1. The molecule has 1 atom stereocenters. The summed E-state index contributed by atoms with van der Waals surface area (Å²) in [4.78, 5) is 16.8. The predicted molar refractivity (Wildman–Crippen MR) is 159 cm³/mol. The summed E-state index contributed by atoms with van der Waals surface area (Å²) in [6.45, 7) is 14.4. The number of anilines is 1. The molecule has 1 aliphatic heterocycles. The van der Waals surface area contributed by atoms with Gasteiger partial charge >= 0.3 is 0 Å². The summed E-state index contributed by atoms with van der Waals surface area (Å²) in [6, 6.07) is 17.1. The molecule has 1 aromatic carbocycles. The maximum atomic E-state index is 6.29. The molecule has 5 rings (SSSR count). The van der Waals surface area contributed by atoms with Gasteiger partial charge in [-0.15, -0.1) is 0 Å². The van der Waals surface area contributed by atoms with E-state index in [0.29, 0.717) is 11.9 Å². The van der Waals surface area contributed by atoms with Gasteiger partial charge in [0.25, 0.3) is 0 Å². The molecule has 3 N–H and O–H groups in total. The SMILES string of the molecule is C/C=C\C(=C/C)c1ccc2nc(-c3cccnc3N)n(-c3ccc(CN4CCNC(C)C4)cc3)c2n1.CC. The smallest absolute Gasteiger partial charge is 0.165 e. The minimum absolute atomic E-state index is 0.446. The van der Waals surface area contributed by atoms with Crippen LogP contribution in [0.15, 0.2) is 73.0 Å². The summed E-state index contributed by atoms with van der Waals surface area (Å²) in [5.41, 5.74) is 12.9. The second kappa shape index (κ2) is 12.6. The van der Waals surface area contributed by atoms with Gasteiger partial charge in [0.2, 0.25) is 0 Å². The van der Waals surface area contributed by atoms with Gasteiger partial charge in [0, 0.05) is 44.1 Å². The molecule has 0 amide bonds. The Bertz CT molecular complexity index is 1420. The standard InChI is InChI=1S/C29H33N7.C2H6/c1-4-7-22(5-2)25-13-14-26-29(33-25)36(28(34-26)24-8-6-15-32-27(24)30)23-11-9-21(10-12-23)19-35-17-16-31-20(3)18-35;1-2/h4-15,20,31H,16-19H2,1-3H3,(H2,30,32);1-2H3/b7-4-,22-5+;. The zero-order valence-corrected chi connectivity index (χ0v) is 23.1. The summed E-state index contributed by atoms with van der Waals surface area (Å²) < 4.78 is 2.09. The molecule has 1 fully saturated rings. The number of benzene rings is 1. The van der Waals surface area contributed by atoms with Crippen LogP contribution in [0.1, 0.15) is 45.9 Å². The number of rotatable bonds is 6. The van der Waals surface area contributed by atoms with Crippen molar-refractivity contribution in [1.82, 2.24) is 29.7 Å². The van der Waals surface area contributed by atoms with Crippen molar-refractivity contribution in [2.24, 2.45) is 0 Å². The van der Waals surface area contributed by atoms with Crippen LogP contribution in [0.4, 0.5) is 5.82 Å². The van der Waals surface area contributed by atoms with E-state index in [-0.39, 0.29) is 0 Å². The highest BCUT2D eigenvalue weighted by molar-refractivity contribution is 5.85. The molecule has 1 saturated heterocycles. The van der Waals surface area contributed by atoms with E-state index in [1.165, 1.54) is 5.56 Å². The molecular formula is C31H39N7. The van der Waals surface area contributed by atoms with E-state index in [2.05, 4.69) is 63.1 Å². The zero-order chi connectivity index (χ0) is 27.1. The van der Waals surface area contributed by atoms with Crippen molar-refractivity contribution in [2.75, 3.05) is 25.4 Å². The van der Waals surface area contributed by atoms with Crippen LogP contribution in [0.2, 0.25) is 0 Å². The maximum Gasteiger partial charge on any atom is 0.165 e. The van der Waals surface area contributed by atoms with Crippen LogP contribution in [0, 0.1) is 0 Å². The van der Waals surface area contributed by atoms with Crippen LogP contribution in [0.25, 0.3) is 33.8 Å². The number of piperazine rings is 1. The normalized spacial score (nSPS) is 16.6. The van der Waals surface area contributed by atoms with Gasteiger partial charge in [0.1, 0.15) is 11.3 Å². The van der Waals surface area contributed by atoms with Crippen molar-refractivity contribution >= 4 is 22.6 Å². The number of pyridine rings is 2. The second-order valence-electron chi connectivity index (χ2n) is 9.25. The van der Waals surface area contributed by atoms with Gasteiger partial charge in [-0.25, -0.2) is 15.0 Å². The second-order valence-corrected chi connectivity index (χ2v) is 9.25. The zero-order valence-electron chi connectivity index (χ0n) is 23.1. The van der Waals surface area contributed by atoms with E-state index in [1.807, 2.05) is 58.0 Å². The van der Waals surface area contributed by atoms with Crippen LogP contribution in [0.5, 0.6) is 0 Å². The van der Waals surface area contributed by atoms with Crippen molar-refractivity contribution in [3.05, 3.63) is 84.2 Å². The molecule has 1 aliphatic rings. The van der Waals surface area contributed by atoms with Crippen LogP contribution in [0.3, 0.4) is 0 Å². The number of allylic oxidation sites excluding steroid dienone is 4. The average Bonchev–Trinajstić information content (AvgIpc) is 3.32. The predicted octanol–water partition coefficient (Wildman–Crippen LogP) is 5.86. The third-order valence-corrected chi connectivity index (χ3v) is 6.59. The monoisotopic (exact) mass is 509 g/mol. The summed E-state index contributed by atoms with van der Waals surface area (Å²) in [5, 5.41) is 3.51. The van der Waals surface area contributed by atoms with Crippen LogP contribution >= 0.6 is 0 Å². The summed E-state index contributed by atoms with van der Waals surface area (Å²) >= 11 is 0. The highest BCUT2D eigenvalue weighted by atomic mass is 15.2. The lowest BCUT2D eigenvalue weighted by atomic mass is 10.1. The van der Waals surface area contributed by atoms with E-state index in [4.69, 9.17) is 15.7 Å². The van der Waals surface area contributed by atoms with Gasteiger partial charge < -0.3 is 11.1 Å². The van der Waals surface area contributed by atoms with Crippen molar-refractivity contribution in [2.45, 2.75) is 47.2 Å². The fourth-order valence-corrected chi connectivity index (χ4v) is 4.82. The largest absolute Gasteiger partial charge is 0.383 e. The highest BCUT2D eigenvalue weighted by Crippen LogP contribution is 2.31. The number of nitrogens with one attached hydrogen (secondary N) is 1. The topological polar surface area (TPSA) is 84.9 Å². The molecule has 0 spiro atoms. The number of imidazole rings is 1. The first-order chi connectivity index (χ1) is 18.6. The molecule has 3 aromatic heterocycles. The highest BCUT2D eigenvalue weighted by Gasteiger charge is 2.19. The van der Waals surface area contributed by atoms with E-state index in [0.717, 1.165) is 65.7 Å². The van der Waals surface area contributed by atoms with Gasteiger partial charge in [0.05, 0.1) is 11.3 Å². The molecule has 7 heteroatoms. The Balaban J connectivity index is 0.00000164. The Hall–Kier alpha value is -3.81. The van der Waals surface area contributed by atoms with Crippen molar-refractivity contribution in [3.8, 4) is 17.1 Å². The van der Waals surface area contributed by atoms with Gasteiger partial charge in [0.15, 0.2) is 11.5 Å². The number of nitrogen functional groups attached to an aromatic ring is 1. The molecule has 4 aromatic rings. The molecule has 0 radical (unpaired) electrons. The van der Waals surface area contributed by atoms with Gasteiger partial charge in [-0.05, 0) is 68.3 Å². The lowest BCUT2D eigenvalue weighted by molar-refractivity contribution is 0.199. The molecule has 1 unspecified atom stereocenters. The number of nitrogens with two attached hydrogens (primary N) is 1. The van der Waals surface area contributed by atoms with Crippen molar-refractivity contribution in [1.29, 1.82) is 0 Å². The van der Waals surface area contributed by atoms with Crippen LogP contribution < -0.4 is 11.1 Å². The maximum absolute atomic E-state index is 6.29. The summed E-state index contributed by atoms with van der Waals surface area (Å²) in [6.07, 6.45) is 7.86. The Morgan fingerprint density at radius 1 is 1.08 bits per heavy atom. The molecule has 0 bridgehead atoms. The third-order valence-electron chi connectivity index (χ3n) is 6.59. The number of hydrogen-bond donors (Lipinski definition) is 2. The van der Waals surface area contributed by atoms with Gasteiger partial charge in [-0.1, -0.05) is 44.2 Å². The number of hydrogen-bond acceptors (Lipinski definition) is 6. The molecule has 4 heterocycles. The van der Waals surface area contributed by atoms with E-state index in [9.17, 15) is 0 Å². The molecule has 0 saturated carbocycles. The molecule has 0 aliphatic carbocycles. The number of aromatic nitrogens is 4. The molecule has 38 heavy (non-hydrogen) atoms. The Morgan fingerprint density at radius 3 is 2.55 bits per heavy atom. The van der Waals surface area contributed by atoms with Crippen molar-refractivity contribution < 1.29 is 0 Å². The molecule has 7 nitrogen and oxygen atoms in total. The minimum Gasteiger partial charge on any atom is -0.383 e.